The fourth-order valence-electron chi connectivity index (χ4n) is 4.05. The van der Waals surface area contributed by atoms with Crippen LogP contribution in [0.2, 0.25) is 5.02 Å². The van der Waals surface area contributed by atoms with E-state index in [-0.39, 0.29) is 18.5 Å². The molecule has 0 unspecified atom stereocenters. The molecule has 4 aromatic carbocycles. The standard InChI is InChI=1S/C29H27ClN2O3S/c1-21-8-6-7-11-27(21)28(23-9-4-3-5-10-23)31-29(33)24-14-18-26(19-15-24)32(36(2,34)35)20-22-12-16-25(30)17-13-22/h3-19,28H,20H2,1-2H3,(H,31,33)/t28-/m1/s1. The van der Waals surface area contributed by atoms with Crippen molar-refractivity contribution in [2.24, 2.45) is 0 Å². The lowest BCUT2D eigenvalue weighted by molar-refractivity contribution is 0.0943. The molecule has 0 spiro atoms. The summed E-state index contributed by atoms with van der Waals surface area (Å²) in [6.45, 7) is 2.18. The number of carbonyl (C=O) groups is 1. The van der Waals surface area contributed by atoms with E-state index >= 15 is 0 Å². The molecular weight excluding hydrogens is 492 g/mol. The first-order valence-corrected chi connectivity index (χ1v) is 13.7. The Morgan fingerprint density at radius 2 is 1.47 bits per heavy atom. The van der Waals surface area contributed by atoms with Crippen LogP contribution in [0, 0.1) is 6.92 Å². The van der Waals surface area contributed by atoms with Crippen LogP contribution >= 0.6 is 11.6 Å². The number of sulfonamides is 1. The fraction of sp³-hybridized carbons (Fsp3) is 0.138. The van der Waals surface area contributed by atoms with Gasteiger partial charge in [0, 0.05) is 10.6 Å². The molecule has 4 aromatic rings. The lowest BCUT2D eigenvalue weighted by Crippen LogP contribution is -2.30. The molecule has 0 bridgehead atoms. The SMILES string of the molecule is Cc1ccccc1[C@H](NC(=O)c1ccc(N(Cc2ccc(Cl)cc2)S(C)(=O)=O)cc1)c1ccccc1. The number of aryl methyl sites for hydroxylation is 1. The van der Waals surface area contributed by atoms with Crippen LogP contribution in [-0.2, 0) is 16.6 Å². The maximum atomic E-state index is 13.3. The summed E-state index contributed by atoms with van der Waals surface area (Å²) in [7, 11) is -3.56. The van der Waals surface area contributed by atoms with Gasteiger partial charge in [-0.05, 0) is 65.6 Å². The first-order chi connectivity index (χ1) is 17.2. The second-order valence-electron chi connectivity index (χ2n) is 8.62. The molecule has 36 heavy (non-hydrogen) atoms. The van der Waals surface area contributed by atoms with Crippen molar-refractivity contribution in [3.63, 3.8) is 0 Å². The zero-order chi connectivity index (χ0) is 25.7. The van der Waals surface area contributed by atoms with Gasteiger partial charge in [-0.15, -0.1) is 0 Å². The molecule has 0 radical (unpaired) electrons. The topological polar surface area (TPSA) is 66.5 Å². The van der Waals surface area contributed by atoms with Gasteiger partial charge in [0.1, 0.15) is 0 Å². The summed E-state index contributed by atoms with van der Waals surface area (Å²) in [4.78, 5) is 13.3. The largest absolute Gasteiger partial charge is 0.341 e. The number of carbonyl (C=O) groups excluding carboxylic acids is 1. The maximum absolute atomic E-state index is 13.3. The fourth-order valence-corrected chi connectivity index (χ4v) is 5.06. The van der Waals surface area contributed by atoms with Gasteiger partial charge in [-0.1, -0.05) is 78.3 Å². The summed E-state index contributed by atoms with van der Waals surface area (Å²) < 4.78 is 26.4. The van der Waals surface area contributed by atoms with Crippen molar-refractivity contribution >= 4 is 33.2 Å². The number of amides is 1. The minimum absolute atomic E-state index is 0.158. The highest BCUT2D eigenvalue weighted by atomic mass is 35.5. The number of benzene rings is 4. The summed E-state index contributed by atoms with van der Waals surface area (Å²) in [6, 6.07) is 31.1. The molecule has 1 amide bonds. The van der Waals surface area contributed by atoms with E-state index in [2.05, 4.69) is 5.32 Å². The van der Waals surface area contributed by atoms with Crippen LogP contribution in [0.1, 0.15) is 38.7 Å². The maximum Gasteiger partial charge on any atom is 0.252 e. The van der Waals surface area contributed by atoms with Crippen LogP contribution in [0.4, 0.5) is 5.69 Å². The number of nitrogens with zero attached hydrogens (tertiary/aromatic N) is 1. The van der Waals surface area contributed by atoms with E-state index in [0.29, 0.717) is 16.3 Å². The van der Waals surface area contributed by atoms with Crippen molar-refractivity contribution in [2.75, 3.05) is 10.6 Å². The molecule has 0 saturated heterocycles. The molecule has 4 rings (SSSR count). The Labute approximate surface area is 217 Å². The molecule has 0 aromatic heterocycles. The van der Waals surface area contributed by atoms with E-state index in [9.17, 15) is 13.2 Å². The Hall–Kier alpha value is -3.61. The quantitative estimate of drug-likeness (QED) is 0.305. The van der Waals surface area contributed by atoms with Gasteiger partial charge in [-0.25, -0.2) is 8.42 Å². The van der Waals surface area contributed by atoms with E-state index < -0.39 is 10.0 Å². The molecule has 7 heteroatoms. The van der Waals surface area contributed by atoms with Gasteiger partial charge < -0.3 is 5.32 Å². The van der Waals surface area contributed by atoms with Crippen molar-refractivity contribution in [1.29, 1.82) is 0 Å². The van der Waals surface area contributed by atoms with E-state index in [1.807, 2.05) is 61.5 Å². The summed E-state index contributed by atoms with van der Waals surface area (Å²) in [5, 5.41) is 3.73. The zero-order valence-corrected chi connectivity index (χ0v) is 21.6. The van der Waals surface area contributed by atoms with Gasteiger partial charge in [0.05, 0.1) is 24.5 Å². The van der Waals surface area contributed by atoms with E-state index in [4.69, 9.17) is 11.6 Å². The monoisotopic (exact) mass is 518 g/mol. The van der Waals surface area contributed by atoms with Crippen molar-refractivity contribution in [2.45, 2.75) is 19.5 Å². The highest BCUT2D eigenvalue weighted by Gasteiger charge is 2.21. The van der Waals surface area contributed by atoms with Gasteiger partial charge >= 0.3 is 0 Å². The Kier molecular flexibility index (Phi) is 7.77. The molecule has 184 valence electrons. The van der Waals surface area contributed by atoms with Crippen LogP contribution in [0.3, 0.4) is 0 Å². The lowest BCUT2D eigenvalue weighted by Gasteiger charge is -2.23. The van der Waals surface area contributed by atoms with Crippen LogP contribution in [0.15, 0.2) is 103 Å². The number of anilines is 1. The Morgan fingerprint density at radius 1 is 0.861 bits per heavy atom. The normalized spacial score (nSPS) is 12.1. The molecule has 0 fully saturated rings. The lowest BCUT2D eigenvalue weighted by atomic mass is 9.94. The van der Waals surface area contributed by atoms with Gasteiger partial charge in [-0.2, -0.15) is 0 Å². The Balaban J connectivity index is 1.58. The first-order valence-electron chi connectivity index (χ1n) is 11.5. The van der Waals surface area contributed by atoms with E-state index in [1.54, 1.807) is 48.5 Å². The van der Waals surface area contributed by atoms with E-state index in [0.717, 1.165) is 28.5 Å². The van der Waals surface area contributed by atoms with Crippen LogP contribution in [0.5, 0.6) is 0 Å². The molecule has 0 aliphatic heterocycles. The number of rotatable bonds is 8. The average Bonchev–Trinajstić information content (AvgIpc) is 2.87. The number of hydrogen-bond acceptors (Lipinski definition) is 3. The van der Waals surface area contributed by atoms with Crippen molar-refractivity contribution < 1.29 is 13.2 Å². The summed E-state index contributed by atoms with van der Waals surface area (Å²) in [5.74, 6) is -0.248. The minimum Gasteiger partial charge on any atom is -0.341 e. The molecular formula is C29H27ClN2O3S. The predicted molar refractivity (Wildman–Crippen MR) is 146 cm³/mol. The minimum atomic E-state index is -3.56. The van der Waals surface area contributed by atoms with E-state index in [1.165, 1.54) is 4.31 Å². The Bertz CT molecular complexity index is 1440. The van der Waals surface area contributed by atoms with Crippen molar-refractivity contribution in [1.82, 2.24) is 5.32 Å². The molecule has 1 atom stereocenters. The zero-order valence-electron chi connectivity index (χ0n) is 20.1. The second-order valence-corrected chi connectivity index (χ2v) is 11.0. The van der Waals surface area contributed by atoms with Crippen LogP contribution in [0.25, 0.3) is 0 Å². The first kappa shape index (κ1) is 25.5. The highest BCUT2D eigenvalue weighted by Crippen LogP contribution is 2.26. The third-order valence-corrected chi connectivity index (χ3v) is 7.36. The summed E-state index contributed by atoms with van der Waals surface area (Å²) in [5.41, 5.74) is 4.78. The molecule has 0 heterocycles. The van der Waals surface area contributed by atoms with Crippen LogP contribution in [-0.4, -0.2) is 20.6 Å². The smallest absolute Gasteiger partial charge is 0.252 e. The molecule has 0 aliphatic carbocycles. The van der Waals surface area contributed by atoms with Crippen LogP contribution < -0.4 is 9.62 Å². The third kappa shape index (κ3) is 6.14. The number of nitrogens with one attached hydrogen (secondary N) is 1. The number of hydrogen-bond donors (Lipinski definition) is 1. The van der Waals surface area contributed by atoms with Crippen molar-refractivity contribution in [3.05, 3.63) is 136 Å². The average molecular weight is 519 g/mol. The summed E-state index contributed by atoms with van der Waals surface area (Å²) in [6.07, 6.45) is 1.16. The molecule has 1 N–H and O–H groups in total. The number of halogens is 1. The predicted octanol–water partition coefficient (Wildman–Crippen LogP) is 6.13. The van der Waals surface area contributed by atoms with Gasteiger partial charge in [-0.3, -0.25) is 9.10 Å². The third-order valence-electron chi connectivity index (χ3n) is 5.97. The second kappa shape index (κ2) is 11.0. The van der Waals surface area contributed by atoms with Gasteiger partial charge in [0.2, 0.25) is 10.0 Å². The van der Waals surface area contributed by atoms with Crippen molar-refractivity contribution in [3.8, 4) is 0 Å². The summed E-state index contributed by atoms with van der Waals surface area (Å²) >= 11 is 5.96. The van der Waals surface area contributed by atoms with Gasteiger partial charge in [0.25, 0.3) is 5.91 Å². The molecule has 0 saturated carbocycles. The molecule has 0 aliphatic rings. The Morgan fingerprint density at radius 3 is 2.08 bits per heavy atom. The van der Waals surface area contributed by atoms with Gasteiger partial charge in [0.15, 0.2) is 0 Å². The highest BCUT2D eigenvalue weighted by molar-refractivity contribution is 7.92. The molecule has 5 nitrogen and oxygen atoms in total.